The Morgan fingerprint density at radius 2 is 1.95 bits per heavy atom. The molecule has 0 saturated carbocycles. The predicted molar refractivity (Wildman–Crippen MR) is 152 cm³/mol. The number of aromatic nitrogens is 2. The quantitative estimate of drug-likeness (QED) is 0.253. The summed E-state index contributed by atoms with van der Waals surface area (Å²) in [5.41, 5.74) is 9.26. The lowest BCUT2D eigenvalue weighted by atomic mass is 9.88. The van der Waals surface area contributed by atoms with E-state index in [9.17, 15) is 18.8 Å². The van der Waals surface area contributed by atoms with E-state index in [0.717, 1.165) is 5.69 Å². The van der Waals surface area contributed by atoms with Gasteiger partial charge in [0.15, 0.2) is 5.78 Å². The van der Waals surface area contributed by atoms with Crippen molar-refractivity contribution < 1.29 is 18.3 Å². The van der Waals surface area contributed by atoms with Crippen LogP contribution in [0.15, 0.2) is 78.2 Å². The number of aryl methyl sites for hydroxylation is 1. The van der Waals surface area contributed by atoms with Crippen molar-refractivity contribution in [3.63, 3.8) is 0 Å². The highest BCUT2D eigenvalue weighted by Gasteiger charge is 2.35. The monoisotopic (exact) mass is 552 g/mol. The minimum atomic E-state index is -0.523. The maximum atomic E-state index is 14.7. The van der Waals surface area contributed by atoms with E-state index < -0.39 is 11.9 Å². The van der Waals surface area contributed by atoms with Gasteiger partial charge in [-0.25, -0.2) is 13.8 Å². The number of nitrogens with zero attached hydrogens (tertiary/aromatic N) is 3. The second-order valence-electron chi connectivity index (χ2n) is 10.6. The molecule has 3 aromatic carbocycles. The first kappa shape index (κ1) is 27.9. The average Bonchev–Trinajstić information content (AvgIpc) is 3.37. The molecule has 208 valence electrons. The molecule has 0 saturated heterocycles. The molecule has 0 radical (unpaired) electrons. The molecule has 0 bridgehead atoms. The van der Waals surface area contributed by atoms with Crippen LogP contribution in [-0.4, -0.2) is 21.9 Å². The molecule has 0 fully saturated rings. The summed E-state index contributed by atoms with van der Waals surface area (Å²) >= 11 is 0. The van der Waals surface area contributed by atoms with Crippen molar-refractivity contribution >= 4 is 5.78 Å². The molecule has 2 N–H and O–H groups in total. The number of ketones is 1. The maximum Gasteiger partial charge on any atom is 0.192 e. The van der Waals surface area contributed by atoms with Gasteiger partial charge in [0.25, 0.3) is 0 Å². The number of ether oxygens (including phenoxy) is 1. The lowest BCUT2D eigenvalue weighted by Crippen LogP contribution is -2.28. The van der Waals surface area contributed by atoms with Gasteiger partial charge in [-0.1, -0.05) is 38.1 Å². The van der Waals surface area contributed by atoms with Gasteiger partial charge in [0, 0.05) is 41.3 Å². The highest BCUT2D eigenvalue weighted by molar-refractivity contribution is 6.09. The number of halogens is 2. The molecule has 41 heavy (non-hydrogen) atoms. The molecule has 0 spiro atoms. The summed E-state index contributed by atoms with van der Waals surface area (Å²) < 4.78 is 37.3. The van der Waals surface area contributed by atoms with E-state index in [0.29, 0.717) is 63.7 Å². The van der Waals surface area contributed by atoms with Gasteiger partial charge in [-0.15, -0.1) is 0 Å². The first-order valence-electron chi connectivity index (χ1n) is 13.5. The SMILES string of the molecule is Cc1ccc(-c2nc(CCN)cn2C(C2=C(C(=O)c3cccc(C#N)c3)Cc3cc(F)ccc3O2)C(C)C)cc1F. The summed E-state index contributed by atoms with van der Waals surface area (Å²) in [5, 5.41) is 9.41. The van der Waals surface area contributed by atoms with Gasteiger partial charge in [-0.3, -0.25) is 4.79 Å². The second kappa shape index (κ2) is 11.5. The van der Waals surface area contributed by atoms with Crippen molar-refractivity contribution in [1.29, 1.82) is 5.26 Å². The van der Waals surface area contributed by atoms with E-state index in [2.05, 4.69) is 6.07 Å². The van der Waals surface area contributed by atoms with Crippen molar-refractivity contribution in [2.24, 2.45) is 11.7 Å². The number of hydrogen-bond donors (Lipinski definition) is 1. The Balaban J connectivity index is 1.73. The maximum absolute atomic E-state index is 14.7. The fourth-order valence-corrected chi connectivity index (χ4v) is 5.20. The number of allylic oxidation sites excluding steroid dienone is 2. The van der Waals surface area contributed by atoms with Crippen molar-refractivity contribution in [1.82, 2.24) is 9.55 Å². The third-order valence-corrected chi connectivity index (χ3v) is 7.25. The Labute approximate surface area is 237 Å². The lowest BCUT2D eigenvalue weighted by Gasteiger charge is -2.32. The molecular weight excluding hydrogens is 522 g/mol. The van der Waals surface area contributed by atoms with Gasteiger partial charge in [0.1, 0.15) is 29.0 Å². The van der Waals surface area contributed by atoms with Gasteiger partial charge in [0.2, 0.25) is 0 Å². The number of carbonyl (C=O) groups excluding carboxylic acids is 1. The number of fused-ring (bicyclic) bond motifs is 1. The van der Waals surface area contributed by atoms with Crippen LogP contribution in [0.4, 0.5) is 8.78 Å². The van der Waals surface area contributed by atoms with E-state index >= 15 is 0 Å². The Morgan fingerprint density at radius 1 is 1.15 bits per heavy atom. The van der Waals surface area contributed by atoms with Crippen molar-refractivity contribution in [3.05, 3.63) is 118 Å². The van der Waals surface area contributed by atoms with Crippen LogP contribution in [0.3, 0.4) is 0 Å². The fourth-order valence-electron chi connectivity index (χ4n) is 5.20. The molecule has 4 aromatic rings. The molecule has 2 heterocycles. The molecule has 1 aliphatic heterocycles. The Morgan fingerprint density at radius 3 is 2.66 bits per heavy atom. The number of imidazole rings is 1. The van der Waals surface area contributed by atoms with Crippen LogP contribution >= 0.6 is 0 Å². The number of benzene rings is 3. The van der Waals surface area contributed by atoms with E-state index in [4.69, 9.17) is 15.5 Å². The summed E-state index contributed by atoms with van der Waals surface area (Å²) in [6, 6.07) is 17.2. The first-order chi connectivity index (χ1) is 19.7. The molecule has 8 heteroatoms. The largest absolute Gasteiger partial charge is 0.459 e. The van der Waals surface area contributed by atoms with Crippen molar-refractivity contribution in [2.45, 2.75) is 39.7 Å². The number of rotatable bonds is 8. The van der Waals surface area contributed by atoms with Gasteiger partial charge >= 0.3 is 0 Å². The molecule has 5 rings (SSSR count). The standard InChI is InChI=1S/C33H30F2N4O2/c1-19(2)30(39-18-26(11-12-36)38-33(39)23-8-7-20(3)28(35)16-23)32-27(15-24-14-25(34)9-10-29(24)41-32)31(40)22-6-4-5-21(13-22)17-37/h4-10,13-14,16,18-19,30H,11-12,15,36H2,1-3H3. The van der Waals surface area contributed by atoms with Gasteiger partial charge in [-0.2, -0.15) is 5.26 Å². The Hall–Kier alpha value is -4.61. The first-order valence-corrected chi connectivity index (χ1v) is 13.5. The fraction of sp³-hybridized carbons (Fsp3) is 0.242. The van der Waals surface area contributed by atoms with E-state index in [1.807, 2.05) is 30.7 Å². The van der Waals surface area contributed by atoms with Crippen LogP contribution in [0.25, 0.3) is 11.4 Å². The van der Waals surface area contributed by atoms with Gasteiger partial charge in [0.05, 0.1) is 23.4 Å². The van der Waals surface area contributed by atoms with Crippen molar-refractivity contribution in [2.75, 3.05) is 6.54 Å². The van der Waals surface area contributed by atoms with Crippen molar-refractivity contribution in [3.8, 4) is 23.2 Å². The Bertz CT molecular complexity index is 1710. The Kier molecular flexibility index (Phi) is 7.82. The van der Waals surface area contributed by atoms with Gasteiger partial charge < -0.3 is 15.0 Å². The van der Waals surface area contributed by atoms with Gasteiger partial charge in [-0.05, 0) is 61.3 Å². The number of nitrogens with two attached hydrogens (primary N) is 1. The molecule has 1 aromatic heterocycles. The highest BCUT2D eigenvalue weighted by Crippen LogP contribution is 2.41. The minimum Gasteiger partial charge on any atom is -0.459 e. The van der Waals surface area contributed by atoms with Crippen LogP contribution in [0.5, 0.6) is 5.75 Å². The summed E-state index contributed by atoms with van der Waals surface area (Å²) in [7, 11) is 0. The molecule has 1 atom stereocenters. The summed E-state index contributed by atoms with van der Waals surface area (Å²) in [4.78, 5) is 18.9. The smallest absolute Gasteiger partial charge is 0.192 e. The zero-order valence-electron chi connectivity index (χ0n) is 23.1. The number of carbonyl (C=O) groups is 1. The lowest BCUT2D eigenvalue weighted by molar-refractivity contribution is 0.102. The van der Waals surface area contributed by atoms with E-state index in [1.165, 1.54) is 24.3 Å². The van der Waals surface area contributed by atoms with Crippen LogP contribution in [0, 0.1) is 35.8 Å². The number of Topliss-reactive ketones (excluding diaryl/α,β-unsaturated/α-hetero) is 1. The van der Waals surface area contributed by atoms with Crippen LogP contribution in [-0.2, 0) is 12.8 Å². The van der Waals surface area contributed by atoms with Crippen LogP contribution in [0.2, 0.25) is 0 Å². The number of hydrogen-bond acceptors (Lipinski definition) is 5. The zero-order valence-corrected chi connectivity index (χ0v) is 23.1. The summed E-state index contributed by atoms with van der Waals surface area (Å²) in [6.45, 7) is 6.08. The summed E-state index contributed by atoms with van der Waals surface area (Å²) in [6.07, 6.45) is 2.52. The summed E-state index contributed by atoms with van der Waals surface area (Å²) in [5.74, 6) is 0.175. The molecule has 1 unspecified atom stereocenters. The molecule has 0 aliphatic carbocycles. The zero-order chi connectivity index (χ0) is 29.3. The topological polar surface area (TPSA) is 93.9 Å². The van der Waals surface area contributed by atoms with E-state index in [-0.39, 0.29) is 23.9 Å². The van der Waals surface area contributed by atoms with Crippen LogP contribution < -0.4 is 10.5 Å². The second-order valence-corrected chi connectivity index (χ2v) is 10.6. The molecular formula is C33H30F2N4O2. The third-order valence-electron chi connectivity index (χ3n) is 7.25. The molecule has 1 aliphatic rings. The number of nitriles is 1. The van der Waals surface area contributed by atoms with E-state index in [1.54, 1.807) is 37.3 Å². The highest BCUT2D eigenvalue weighted by atomic mass is 19.1. The van der Waals surface area contributed by atoms with Crippen LogP contribution in [0.1, 0.15) is 52.6 Å². The molecule has 6 nitrogen and oxygen atoms in total. The normalized spacial score (nSPS) is 13.5. The minimum absolute atomic E-state index is 0.103. The predicted octanol–water partition coefficient (Wildman–Crippen LogP) is 6.48. The third kappa shape index (κ3) is 5.54. The average molecular weight is 553 g/mol. The molecule has 0 amide bonds.